The molecule has 2 saturated carbocycles. The molecule has 0 saturated heterocycles. The highest BCUT2D eigenvalue weighted by atomic mass is 16.5. The summed E-state index contributed by atoms with van der Waals surface area (Å²) in [5.74, 6) is 0.752. The van der Waals surface area contributed by atoms with Gasteiger partial charge in [-0.25, -0.2) is 4.79 Å². The van der Waals surface area contributed by atoms with E-state index in [1.165, 1.54) is 0 Å². The van der Waals surface area contributed by atoms with Gasteiger partial charge in [-0.05, 0) is 38.0 Å². The summed E-state index contributed by atoms with van der Waals surface area (Å²) in [5, 5.41) is 8.87. The lowest BCUT2D eigenvalue weighted by Gasteiger charge is -2.24. The average Bonchev–Trinajstić information content (AvgIpc) is 2.75. The molecule has 3 unspecified atom stereocenters. The molecule has 3 heteroatoms. The second-order valence-electron chi connectivity index (χ2n) is 4.69. The Morgan fingerprint density at radius 1 is 1.40 bits per heavy atom. The number of esters is 1. The van der Waals surface area contributed by atoms with Gasteiger partial charge in [-0.15, -0.1) is 0 Å². The van der Waals surface area contributed by atoms with Crippen LogP contribution in [0.2, 0.25) is 0 Å². The Kier molecular flexibility index (Phi) is 2.52. The van der Waals surface area contributed by atoms with E-state index in [9.17, 15) is 4.79 Å². The Hall–Kier alpha value is -1.30. The fraction of sp³-hybridized carbons (Fsp3) is 0.667. The average molecular weight is 205 g/mol. The summed E-state index contributed by atoms with van der Waals surface area (Å²) < 4.78 is 5.35. The molecule has 0 aromatic rings. The molecule has 2 aliphatic rings. The van der Waals surface area contributed by atoms with Crippen molar-refractivity contribution in [2.75, 3.05) is 0 Å². The Bertz CT molecular complexity index is 342. The van der Waals surface area contributed by atoms with Gasteiger partial charge in [0.1, 0.15) is 6.10 Å². The van der Waals surface area contributed by atoms with E-state index in [0.717, 1.165) is 19.3 Å². The lowest BCUT2D eigenvalue weighted by Crippen LogP contribution is -2.27. The van der Waals surface area contributed by atoms with E-state index in [1.807, 2.05) is 0 Å². The minimum atomic E-state index is -0.291. The minimum absolute atomic E-state index is 0.0313. The van der Waals surface area contributed by atoms with Crippen molar-refractivity contribution in [3.63, 3.8) is 0 Å². The smallest absolute Gasteiger partial charge is 0.333 e. The molecule has 15 heavy (non-hydrogen) atoms. The van der Waals surface area contributed by atoms with Crippen LogP contribution < -0.4 is 0 Å². The normalized spacial score (nSPS) is 37.3. The Balaban J connectivity index is 1.93. The molecular weight excluding hydrogens is 190 g/mol. The minimum Gasteiger partial charge on any atom is -0.459 e. The predicted molar refractivity (Wildman–Crippen MR) is 54.6 cm³/mol. The molecule has 0 aromatic heterocycles. The molecule has 0 aliphatic heterocycles. The van der Waals surface area contributed by atoms with Gasteiger partial charge in [-0.2, -0.15) is 5.26 Å². The van der Waals surface area contributed by atoms with Crippen molar-refractivity contribution in [2.45, 2.75) is 32.3 Å². The molecule has 2 aliphatic carbocycles. The molecule has 0 amide bonds. The van der Waals surface area contributed by atoms with E-state index in [1.54, 1.807) is 6.92 Å². The van der Waals surface area contributed by atoms with Crippen LogP contribution in [-0.2, 0) is 9.53 Å². The molecule has 2 bridgehead atoms. The molecule has 0 N–H and O–H groups in total. The van der Waals surface area contributed by atoms with Gasteiger partial charge in [0.15, 0.2) is 0 Å². The van der Waals surface area contributed by atoms with Gasteiger partial charge in [0.05, 0.1) is 6.07 Å². The zero-order chi connectivity index (χ0) is 11.0. The van der Waals surface area contributed by atoms with Gasteiger partial charge >= 0.3 is 5.97 Å². The van der Waals surface area contributed by atoms with Gasteiger partial charge in [-0.1, -0.05) is 6.58 Å². The van der Waals surface area contributed by atoms with E-state index in [2.05, 4.69) is 12.6 Å². The summed E-state index contributed by atoms with van der Waals surface area (Å²) in [6.07, 6.45) is 2.84. The second-order valence-corrected chi connectivity index (χ2v) is 4.69. The molecule has 2 rings (SSSR count). The first-order chi connectivity index (χ1) is 7.11. The molecule has 2 fully saturated rings. The van der Waals surface area contributed by atoms with E-state index in [-0.39, 0.29) is 18.0 Å². The molecular formula is C12H15NO2. The standard InChI is InChI=1S/C12H15NO2/c1-7(2)12(14)15-11-5-8-3-9(11)4-10(8)6-13/h8-11H,1,3-5H2,2H3/t8?,9?,10-,11?/m1/s1. The van der Waals surface area contributed by atoms with Crippen LogP contribution in [0.4, 0.5) is 0 Å². The number of carbonyl (C=O) groups excluding carboxylic acids is 1. The van der Waals surface area contributed by atoms with Gasteiger partial charge in [-0.3, -0.25) is 0 Å². The van der Waals surface area contributed by atoms with Crippen molar-refractivity contribution < 1.29 is 9.53 Å². The molecule has 0 spiro atoms. The van der Waals surface area contributed by atoms with E-state index >= 15 is 0 Å². The number of ether oxygens (including phenoxy) is 1. The number of carbonyl (C=O) groups is 1. The largest absolute Gasteiger partial charge is 0.459 e. The fourth-order valence-electron chi connectivity index (χ4n) is 2.76. The molecule has 0 aromatic carbocycles. The molecule has 80 valence electrons. The number of nitriles is 1. The third kappa shape index (κ3) is 1.77. The van der Waals surface area contributed by atoms with Crippen LogP contribution in [0.1, 0.15) is 26.2 Å². The van der Waals surface area contributed by atoms with Crippen molar-refractivity contribution in [2.24, 2.45) is 17.8 Å². The van der Waals surface area contributed by atoms with Crippen LogP contribution in [-0.4, -0.2) is 12.1 Å². The van der Waals surface area contributed by atoms with E-state index < -0.39 is 0 Å². The summed E-state index contributed by atoms with van der Waals surface area (Å²) in [6, 6.07) is 2.33. The quantitative estimate of drug-likeness (QED) is 0.512. The highest BCUT2D eigenvalue weighted by Gasteiger charge is 2.47. The highest BCUT2D eigenvalue weighted by Crippen LogP contribution is 2.49. The van der Waals surface area contributed by atoms with Crippen molar-refractivity contribution >= 4 is 5.97 Å². The summed E-state index contributed by atoms with van der Waals surface area (Å²) in [6.45, 7) is 5.22. The van der Waals surface area contributed by atoms with Crippen molar-refractivity contribution in [3.8, 4) is 6.07 Å². The maximum Gasteiger partial charge on any atom is 0.333 e. The lowest BCUT2D eigenvalue weighted by molar-refractivity contribution is -0.146. The van der Waals surface area contributed by atoms with Gasteiger partial charge < -0.3 is 4.74 Å². The van der Waals surface area contributed by atoms with Crippen LogP contribution in [0.5, 0.6) is 0 Å². The predicted octanol–water partition coefficient (Wildman–Crippen LogP) is 2.04. The summed E-state index contributed by atoms with van der Waals surface area (Å²) in [7, 11) is 0. The Morgan fingerprint density at radius 3 is 2.60 bits per heavy atom. The topological polar surface area (TPSA) is 50.1 Å². The van der Waals surface area contributed by atoms with E-state index in [4.69, 9.17) is 10.00 Å². The Morgan fingerprint density at radius 2 is 2.13 bits per heavy atom. The second kappa shape index (κ2) is 3.69. The van der Waals surface area contributed by atoms with Crippen LogP contribution in [0.3, 0.4) is 0 Å². The first kappa shape index (κ1) is 10.2. The zero-order valence-corrected chi connectivity index (χ0v) is 8.90. The van der Waals surface area contributed by atoms with Gasteiger partial charge in [0, 0.05) is 11.5 Å². The monoisotopic (exact) mass is 205 g/mol. The van der Waals surface area contributed by atoms with Crippen molar-refractivity contribution in [3.05, 3.63) is 12.2 Å². The molecule has 0 heterocycles. The van der Waals surface area contributed by atoms with Crippen LogP contribution in [0.15, 0.2) is 12.2 Å². The maximum absolute atomic E-state index is 11.3. The lowest BCUT2D eigenvalue weighted by atomic mass is 9.88. The maximum atomic E-state index is 11.3. The van der Waals surface area contributed by atoms with Crippen LogP contribution in [0.25, 0.3) is 0 Å². The molecule has 0 radical (unpaired) electrons. The number of fused-ring (bicyclic) bond motifs is 2. The summed E-state index contributed by atoms with van der Waals surface area (Å²) >= 11 is 0. The first-order valence-corrected chi connectivity index (χ1v) is 5.38. The third-order valence-electron chi connectivity index (χ3n) is 3.56. The summed E-state index contributed by atoms with van der Waals surface area (Å²) in [4.78, 5) is 11.3. The molecule has 3 nitrogen and oxygen atoms in total. The fourth-order valence-corrected chi connectivity index (χ4v) is 2.76. The Labute approximate surface area is 89.7 Å². The van der Waals surface area contributed by atoms with Crippen molar-refractivity contribution in [1.29, 1.82) is 5.26 Å². The first-order valence-electron chi connectivity index (χ1n) is 5.38. The van der Waals surface area contributed by atoms with Gasteiger partial charge in [0.2, 0.25) is 0 Å². The van der Waals surface area contributed by atoms with Crippen LogP contribution in [0, 0.1) is 29.1 Å². The van der Waals surface area contributed by atoms with Crippen LogP contribution >= 0.6 is 0 Å². The number of nitrogens with zero attached hydrogens (tertiary/aromatic N) is 1. The third-order valence-corrected chi connectivity index (χ3v) is 3.56. The number of hydrogen-bond donors (Lipinski definition) is 0. The number of rotatable bonds is 2. The highest BCUT2D eigenvalue weighted by molar-refractivity contribution is 5.87. The molecule has 4 atom stereocenters. The SMILES string of the molecule is C=C(C)C(=O)OC1CC2CC1C[C@@H]2C#N. The summed E-state index contributed by atoms with van der Waals surface area (Å²) in [5.41, 5.74) is 0.453. The van der Waals surface area contributed by atoms with E-state index in [0.29, 0.717) is 17.4 Å². The zero-order valence-electron chi connectivity index (χ0n) is 8.90. The van der Waals surface area contributed by atoms with Crippen molar-refractivity contribution in [1.82, 2.24) is 0 Å². The number of hydrogen-bond acceptors (Lipinski definition) is 3. The van der Waals surface area contributed by atoms with Gasteiger partial charge in [0.25, 0.3) is 0 Å².